The van der Waals surface area contributed by atoms with Crippen LogP contribution in [0.25, 0.3) is 10.3 Å². The number of thiazole rings is 1. The van der Waals surface area contributed by atoms with E-state index >= 15 is 0 Å². The molecule has 0 saturated carbocycles. The van der Waals surface area contributed by atoms with Gasteiger partial charge < -0.3 is 19.9 Å². The standard InChI is InChI=1S/C22H28N6O3S/c1-4-26-9-11-27(12-10-26)22-25-20-19(32-22)21(30)28(14-23-20)13-18(29)24-15(2)16-5-7-17(31-3)8-6-16/h5-8,14-15H,4,9-13H2,1-3H3,(H,24,29). The van der Waals surface area contributed by atoms with Crippen molar-refractivity contribution in [2.45, 2.75) is 26.4 Å². The number of carbonyl (C=O) groups is 1. The van der Waals surface area contributed by atoms with Crippen LogP contribution in [0.3, 0.4) is 0 Å². The van der Waals surface area contributed by atoms with E-state index in [-0.39, 0.29) is 24.1 Å². The van der Waals surface area contributed by atoms with Crippen molar-refractivity contribution in [3.05, 3.63) is 46.5 Å². The highest BCUT2D eigenvalue weighted by atomic mass is 32.1. The Balaban J connectivity index is 1.44. The quantitative estimate of drug-likeness (QED) is 0.580. The van der Waals surface area contributed by atoms with Crippen LogP contribution in [0.5, 0.6) is 5.75 Å². The number of rotatable bonds is 7. The molecule has 0 aliphatic carbocycles. The molecule has 170 valence electrons. The number of likely N-dealkylation sites (N-methyl/N-ethyl adjacent to an activating group) is 1. The summed E-state index contributed by atoms with van der Waals surface area (Å²) in [4.78, 5) is 39.0. The van der Waals surface area contributed by atoms with Crippen molar-refractivity contribution in [1.29, 1.82) is 0 Å². The number of amides is 1. The normalized spacial score (nSPS) is 15.7. The third-order valence-electron chi connectivity index (χ3n) is 5.77. The Morgan fingerprint density at radius 1 is 1.22 bits per heavy atom. The average Bonchev–Trinajstić information content (AvgIpc) is 3.26. The van der Waals surface area contributed by atoms with Crippen LogP contribution in [0.2, 0.25) is 0 Å². The summed E-state index contributed by atoms with van der Waals surface area (Å²) in [6.07, 6.45) is 1.40. The second-order valence-electron chi connectivity index (χ2n) is 7.81. The van der Waals surface area contributed by atoms with E-state index in [1.54, 1.807) is 7.11 Å². The number of nitrogens with zero attached hydrogens (tertiary/aromatic N) is 5. The molecule has 1 fully saturated rings. The van der Waals surface area contributed by atoms with Gasteiger partial charge in [-0.1, -0.05) is 30.4 Å². The summed E-state index contributed by atoms with van der Waals surface area (Å²) in [7, 11) is 1.61. The number of piperazine rings is 1. The summed E-state index contributed by atoms with van der Waals surface area (Å²) in [6.45, 7) is 8.74. The number of ether oxygens (including phenoxy) is 1. The summed E-state index contributed by atoms with van der Waals surface area (Å²) in [5.41, 5.74) is 1.16. The number of benzene rings is 1. The molecule has 4 rings (SSSR count). The van der Waals surface area contributed by atoms with Crippen molar-refractivity contribution >= 4 is 32.7 Å². The zero-order valence-corrected chi connectivity index (χ0v) is 19.4. The van der Waals surface area contributed by atoms with Crippen LogP contribution in [0.1, 0.15) is 25.5 Å². The Kier molecular flexibility index (Phi) is 6.71. The molecule has 1 amide bonds. The van der Waals surface area contributed by atoms with E-state index in [2.05, 4.69) is 32.0 Å². The predicted molar refractivity (Wildman–Crippen MR) is 126 cm³/mol. The molecule has 32 heavy (non-hydrogen) atoms. The smallest absolute Gasteiger partial charge is 0.273 e. The zero-order valence-electron chi connectivity index (χ0n) is 18.6. The Labute approximate surface area is 190 Å². The van der Waals surface area contributed by atoms with E-state index in [1.165, 1.54) is 22.2 Å². The predicted octanol–water partition coefficient (Wildman–Crippen LogP) is 1.88. The maximum Gasteiger partial charge on any atom is 0.273 e. The van der Waals surface area contributed by atoms with E-state index in [4.69, 9.17) is 4.74 Å². The highest BCUT2D eigenvalue weighted by Crippen LogP contribution is 2.26. The van der Waals surface area contributed by atoms with Crippen molar-refractivity contribution in [3.8, 4) is 5.75 Å². The van der Waals surface area contributed by atoms with Crippen LogP contribution in [0, 0.1) is 0 Å². The largest absolute Gasteiger partial charge is 0.497 e. The van der Waals surface area contributed by atoms with Crippen LogP contribution in [0.15, 0.2) is 35.4 Å². The number of aromatic nitrogens is 3. The first kappa shape index (κ1) is 22.2. The summed E-state index contributed by atoms with van der Waals surface area (Å²) in [5, 5.41) is 3.75. The fourth-order valence-electron chi connectivity index (χ4n) is 3.76. The summed E-state index contributed by atoms with van der Waals surface area (Å²) in [6, 6.07) is 7.32. The summed E-state index contributed by atoms with van der Waals surface area (Å²) in [5.74, 6) is 0.506. The lowest BCUT2D eigenvalue weighted by molar-refractivity contribution is -0.122. The Morgan fingerprint density at radius 3 is 2.59 bits per heavy atom. The van der Waals surface area contributed by atoms with E-state index in [0.717, 1.165) is 49.2 Å². The molecule has 1 N–H and O–H groups in total. The Morgan fingerprint density at radius 2 is 1.94 bits per heavy atom. The molecular weight excluding hydrogens is 428 g/mol. The van der Waals surface area contributed by atoms with Gasteiger partial charge in [0.25, 0.3) is 5.56 Å². The van der Waals surface area contributed by atoms with E-state index in [1.807, 2.05) is 31.2 Å². The molecule has 1 aliphatic heterocycles. The van der Waals surface area contributed by atoms with E-state index in [0.29, 0.717) is 10.3 Å². The SMILES string of the molecule is CCN1CCN(c2nc3ncn(CC(=O)NC(C)c4ccc(OC)cc4)c(=O)c3s2)CC1. The lowest BCUT2D eigenvalue weighted by Gasteiger charge is -2.33. The number of methoxy groups -OCH3 is 1. The lowest BCUT2D eigenvalue weighted by Crippen LogP contribution is -2.46. The van der Waals surface area contributed by atoms with Crippen molar-refractivity contribution in [2.75, 3.05) is 44.7 Å². The fraction of sp³-hybridized carbons (Fsp3) is 0.455. The monoisotopic (exact) mass is 456 g/mol. The lowest BCUT2D eigenvalue weighted by atomic mass is 10.1. The van der Waals surface area contributed by atoms with Crippen LogP contribution in [-0.2, 0) is 11.3 Å². The molecule has 1 atom stereocenters. The first-order valence-corrected chi connectivity index (χ1v) is 11.6. The summed E-state index contributed by atoms with van der Waals surface area (Å²) < 4.78 is 6.99. The van der Waals surface area contributed by atoms with Crippen molar-refractivity contribution in [2.24, 2.45) is 0 Å². The highest BCUT2D eigenvalue weighted by Gasteiger charge is 2.21. The second-order valence-corrected chi connectivity index (χ2v) is 8.79. The molecule has 2 aromatic heterocycles. The number of carbonyl (C=O) groups excluding carboxylic acids is 1. The number of nitrogens with one attached hydrogen (secondary N) is 1. The minimum Gasteiger partial charge on any atom is -0.497 e. The van der Waals surface area contributed by atoms with Crippen molar-refractivity contribution < 1.29 is 9.53 Å². The minimum absolute atomic E-state index is 0.0926. The van der Waals surface area contributed by atoms with E-state index < -0.39 is 0 Å². The van der Waals surface area contributed by atoms with Crippen LogP contribution < -0.4 is 20.5 Å². The second kappa shape index (κ2) is 9.66. The molecule has 3 heterocycles. The van der Waals surface area contributed by atoms with Gasteiger partial charge in [-0.2, -0.15) is 4.98 Å². The Bertz CT molecular complexity index is 1130. The van der Waals surface area contributed by atoms with Gasteiger partial charge in [0, 0.05) is 26.2 Å². The number of fused-ring (bicyclic) bond motifs is 1. The molecule has 3 aromatic rings. The van der Waals surface area contributed by atoms with Crippen LogP contribution in [-0.4, -0.2) is 65.2 Å². The maximum atomic E-state index is 13.0. The molecule has 0 bridgehead atoms. The molecular formula is C22H28N6O3S. The molecule has 1 aromatic carbocycles. The van der Waals surface area contributed by atoms with Crippen LogP contribution in [0.4, 0.5) is 5.13 Å². The molecule has 0 radical (unpaired) electrons. The van der Waals surface area contributed by atoms with Gasteiger partial charge in [0.05, 0.1) is 13.2 Å². The fourth-order valence-corrected chi connectivity index (χ4v) is 4.78. The number of anilines is 1. The van der Waals surface area contributed by atoms with Gasteiger partial charge in [-0.3, -0.25) is 14.2 Å². The van der Waals surface area contributed by atoms with Gasteiger partial charge in [0.15, 0.2) is 10.8 Å². The molecule has 1 saturated heterocycles. The third-order valence-corrected chi connectivity index (χ3v) is 6.86. The van der Waals surface area contributed by atoms with Gasteiger partial charge >= 0.3 is 0 Å². The number of hydrogen-bond acceptors (Lipinski definition) is 8. The summed E-state index contributed by atoms with van der Waals surface area (Å²) >= 11 is 1.35. The van der Waals surface area contributed by atoms with Gasteiger partial charge in [-0.25, -0.2) is 4.98 Å². The van der Waals surface area contributed by atoms with Crippen molar-refractivity contribution in [3.63, 3.8) is 0 Å². The molecule has 1 unspecified atom stereocenters. The maximum absolute atomic E-state index is 13.0. The van der Waals surface area contributed by atoms with Crippen LogP contribution >= 0.6 is 11.3 Å². The first-order valence-electron chi connectivity index (χ1n) is 10.7. The van der Waals surface area contributed by atoms with Crippen molar-refractivity contribution in [1.82, 2.24) is 24.8 Å². The zero-order chi connectivity index (χ0) is 22.7. The molecule has 9 nitrogen and oxygen atoms in total. The topological polar surface area (TPSA) is 92.6 Å². The van der Waals surface area contributed by atoms with Gasteiger partial charge in [-0.05, 0) is 31.2 Å². The highest BCUT2D eigenvalue weighted by molar-refractivity contribution is 7.22. The molecule has 1 aliphatic rings. The Hall–Kier alpha value is -2.98. The minimum atomic E-state index is -0.253. The van der Waals surface area contributed by atoms with E-state index in [9.17, 15) is 9.59 Å². The average molecular weight is 457 g/mol. The third kappa shape index (κ3) is 4.76. The van der Waals surface area contributed by atoms with Gasteiger partial charge in [-0.15, -0.1) is 0 Å². The molecule has 10 heteroatoms. The number of hydrogen-bond donors (Lipinski definition) is 1. The van der Waals surface area contributed by atoms with Gasteiger partial charge in [0.1, 0.15) is 23.3 Å². The molecule has 0 spiro atoms. The first-order chi connectivity index (χ1) is 15.5. The van der Waals surface area contributed by atoms with Gasteiger partial charge in [0.2, 0.25) is 5.91 Å².